The number of pyridine rings is 1. The fourth-order valence-electron chi connectivity index (χ4n) is 4.67. The van der Waals surface area contributed by atoms with Crippen LogP contribution >= 0.6 is 12.4 Å². The highest BCUT2D eigenvalue weighted by atomic mass is 35.5. The molecule has 2 unspecified atom stereocenters. The number of likely N-dealkylation sites (tertiary alicyclic amines) is 1. The monoisotopic (exact) mass is 408 g/mol. The van der Waals surface area contributed by atoms with E-state index < -0.39 is 0 Å². The molecule has 0 spiro atoms. The van der Waals surface area contributed by atoms with Crippen LogP contribution in [-0.2, 0) is 11.3 Å². The van der Waals surface area contributed by atoms with Crippen LogP contribution in [0, 0.1) is 11.8 Å². The number of piperidine rings is 2. The molecule has 0 radical (unpaired) electrons. The van der Waals surface area contributed by atoms with Crippen molar-refractivity contribution in [1.29, 1.82) is 0 Å². The molecule has 28 heavy (non-hydrogen) atoms. The SMILES string of the molecule is CCCCN(C)C(=O)CCC[C@H]1NCC2CC1CN(Cc1cccnc1)C2.Cl. The zero-order chi connectivity index (χ0) is 19.1. The number of aromatic nitrogens is 1. The number of nitrogens with one attached hydrogen (secondary N) is 1. The minimum Gasteiger partial charge on any atom is -0.346 e. The lowest BCUT2D eigenvalue weighted by Crippen LogP contribution is -2.55. The molecule has 5 nitrogen and oxygen atoms in total. The fraction of sp³-hybridized carbons (Fsp3) is 0.727. The van der Waals surface area contributed by atoms with Gasteiger partial charge in [0.25, 0.3) is 0 Å². The molecular formula is C22H37ClN4O. The van der Waals surface area contributed by atoms with Gasteiger partial charge in [-0.3, -0.25) is 14.7 Å². The van der Waals surface area contributed by atoms with E-state index in [1.54, 1.807) is 0 Å². The molecular weight excluding hydrogens is 372 g/mol. The summed E-state index contributed by atoms with van der Waals surface area (Å²) in [6.07, 6.45) is 10.2. The van der Waals surface area contributed by atoms with E-state index in [0.29, 0.717) is 24.3 Å². The van der Waals surface area contributed by atoms with E-state index in [4.69, 9.17) is 0 Å². The molecule has 3 heterocycles. The summed E-state index contributed by atoms with van der Waals surface area (Å²) in [4.78, 5) is 21.0. The van der Waals surface area contributed by atoms with Gasteiger partial charge in [0, 0.05) is 58.1 Å². The first kappa shape index (κ1) is 23.1. The van der Waals surface area contributed by atoms with Gasteiger partial charge in [-0.15, -0.1) is 12.4 Å². The second-order valence-electron chi connectivity index (χ2n) is 8.49. The predicted octanol–water partition coefficient (Wildman–Crippen LogP) is 3.34. The van der Waals surface area contributed by atoms with E-state index in [2.05, 4.69) is 28.2 Å². The van der Waals surface area contributed by atoms with Gasteiger partial charge in [0.1, 0.15) is 0 Å². The van der Waals surface area contributed by atoms with E-state index in [1.165, 1.54) is 18.5 Å². The van der Waals surface area contributed by atoms with E-state index in [9.17, 15) is 4.79 Å². The Kier molecular flexibility index (Phi) is 9.69. The Balaban J connectivity index is 0.00000280. The van der Waals surface area contributed by atoms with Gasteiger partial charge < -0.3 is 10.2 Å². The van der Waals surface area contributed by atoms with E-state index in [0.717, 1.165) is 57.8 Å². The lowest BCUT2D eigenvalue weighted by Gasteiger charge is -2.46. The first-order chi connectivity index (χ1) is 13.2. The molecule has 2 fully saturated rings. The molecule has 0 aromatic carbocycles. The molecule has 2 saturated heterocycles. The van der Waals surface area contributed by atoms with E-state index >= 15 is 0 Å². The van der Waals surface area contributed by atoms with Crippen molar-refractivity contribution in [3.05, 3.63) is 30.1 Å². The van der Waals surface area contributed by atoms with Gasteiger partial charge in [-0.25, -0.2) is 0 Å². The maximum Gasteiger partial charge on any atom is 0.222 e. The van der Waals surface area contributed by atoms with Crippen LogP contribution in [-0.4, -0.2) is 60.0 Å². The number of halogens is 1. The van der Waals surface area contributed by atoms with Crippen LogP contribution < -0.4 is 5.32 Å². The Bertz CT molecular complexity index is 585. The number of hydrogen-bond donors (Lipinski definition) is 1. The number of nitrogens with zero attached hydrogens (tertiary/aromatic N) is 3. The predicted molar refractivity (Wildman–Crippen MR) is 117 cm³/mol. The van der Waals surface area contributed by atoms with Gasteiger partial charge in [0.05, 0.1) is 0 Å². The summed E-state index contributed by atoms with van der Waals surface area (Å²) in [5.41, 5.74) is 1.31. The normalized spacial score (nSPS) is 24.4. The summed E-state index contributed by atoms with van der Waals surface area (Å²) in [5.74, 6) is 1.78. The molecule has 0 aliphatic carbocycles. The Morgan fingerprint density at radius 1 is 1.36 bits per heavy atom. The largest absolute Gasteiger partial charge is 0.346 e. The van der Waals surface area contributed by atoms with Crippen molar-refractivity contribution < 1.29 is 4.79 Å². The molecule has 0 saturated carbocycles. The average molecular weight is 409 g/mol. The highest BCUT2D eigenvalue weighted by Crippen LogP contribution is 2.31. The first-order valence-corrected chi connectivity index (χ1v) is 10.7. The molecule has 158 valence electrons. The van der Waals surface area contributed by atoms with Crippen LogP contribution in [0.4, 0.5) is 0 Å². The van der Waals surface area contributed by atoms with E-state index in [1.807, 2.05) is 30.4 Å². The van der Waals surface area contributed by atoms with Gasteiger partial charge in [0.15, 0.2) is 0 Å². The van der Waals surface area contributed by atoms with Crippen LogP contribution in [0.3, 0.4) is 0 Å². The number of fused-ring (bicyclic) bond motifs is 2. The summed E-state index contributed by atoms with van der Waals surface area (Å²) < 4.78 is 0. The van der Waals surface area contributed by atoms with Crippen LogP contribution in [0.25, 0.3) is 0 Å². The fourth-order valence-corrected chi connectivity index (χ4v) is 4.67. The molecule has 6 heteroatoms. The van der Waals surface area contributed by atoms with Crippen molar-refractivity contribution >= 4 is 18.3 Å². The summed E-state index contributed by atoms with van der Waals surface area (Å²) in [7, 11) is 1.94. The maximum atomic E-state index is 12.3. The van der Waals surface area contributed by atoms with E-state index in [-0.39, 0.29) is 12.4 Å². The zero-order valence-corrected chi connectivity index (χ0v) is 18.3. The standard InChI is InChI=1S/C22H36N4O.ClH/c1-3-4-11-25(2)22(27)9-5-8-21-20-12-19(14-24-21)16-26(17-20)15-18-7-6-10-23-13-18;/h6-7,10,13,19-21,24H,3-5,8-9,11-12,14-17H2,1-2H3;1H/t19?,20?,21-;/m1./s1. The highest BCUT2D eigenvalue weighted by molar-refractivity contribution is 5.85. The smallest absolute Gasteiger partial charge is 0.222 e. The van der Waals surface area contributed by atoms with Crippen LogP contribution in [0.5, 0.6) is 0 Å². The second kappa shape index (κ2) is 11.7. The molecule has 3 rings (SSSR count). The second-order valence-corrected chi connectivity index (χ2v) is 8.49. The topological polar surface area (TPSA) is 48.5 Å². The first-order valence-electron chi connectivity index (χ1n) is 10.7. The van der Waals surface area contributed by atoms with Crippen molar-refractivity contribution in [2.24, 2.45) is 11.8 Å². The van der Waals surface area contributed by atoms with Crippen molar-refractivity contribution in [1.82, 2.24) is 20.1 Å². The molecule has 1 aromatic heterocycles. The molecule has 3 atom stereocenters. The number of rotatable bonds is 9. The molecule has 1 amide bonds. The van der Waals surface area contributed by atoms with Crippen molar-refractivity contribution in [3.8, 4) is 0 Å². The third-order valence-corrected chi connectivity index (χ3v) is 6.19. The Morgan fingerprint density at radius 3 is 2.96 bits per heavy atom. The quantitative estimate of drug-likeness (QED) is 0.680. The van der Waals surface area contributed by atoms with Gasteiger partial charge >= 0.3 is 0 Å². The van der Waals surface area contributed by atoms with Crippen molar-refractivity contribution in [2.45, 2.75) is 58.0 Å². The number of carbonyl (C=O) groups is 1. The molecule has 2 aliphatic heterocycles. The summed E-state index contributed by atoms with van der Waals surface area (Å²) in [6, 6.07) is 4.76. The minimum absolute atomic E-state index is 0. The van der Waals surface area contributed by atoms with Crippen LogP contribution in [0.15, 0.2) is 24.5 Å². The van der Waals surface area contributed by atoms with Crippen LogP contribution in [0.1, 0.15) is 51.0 Å². The maximum absolute atomic E-state index is 12.3. The lowest BCUT2D eigenvalue weighted by atomic mass is 9.79. The average Bonchev–Trinajstić information content (AvgIpc) is 2.68. The third-order valence-electron chi connectivity index (χ3n) is 6.19. The Labute approximate surface area is 176 Å². The number of hydrogen-bond acceptors (Lipinski definition) is 4. The van der Waals surface area contributed by atoms with Gasteiger partial charge in [0.2, 0.25) is 5.91 Å². The zero-order valence-electron chi connectivity index (χ0n) is 17.5. The molecule has 1 aromatic rings. The van der Waals surface area contributed by atoms with Crippen molar-refractivity contribution in [3.63, 3.8) is 0 Å². The summed E-state index contributed by atoms with van der Waals surface area (Å²) in [6.45, 7) is 7.54. The molecule has 2 aliphatic rings. The van der Waals surface area contributed by atoms with Gasteiger partial charge in [-0.05, 0) is 55.7 Å². The Hall–Kier alpha value is -1.17. The number of unbranched alkanes of at least 4 members (excludes halogenated alkanes) is 1. The number of carbonyl (C=O) groups excluding carboxylic acids is 1. The summed E-state index contributed by atoms with van der Waals surface area (Å²) in [5, 5.41) is 3.78. The Morgan fingerprint density at radius 2 is 2.21 bits per heavy atom. The van der Waals surface area contributed by atoms with Crippen molar-refractivity contribution in [2.75, 3.05) is 33.2 Å². The highest BCUT2D eigenvalue weighted by Gasteiger charge is 2.36. The molecule has 2 bridgehead atoms. The molecule has 1 N–H and O–H groups in total. The lowest BCUT2D eigenvalue weighted by molar-refractivity contribution is -0.130. The van der Waals surface area contributed by atoms with Crippen LogP contribution in [0.2, 0.25) is 0 Å². The summed E-state index contributed by atoms with van der Waals surface area (Å²) >= 11 is 0. The van der Waals surface area contributed by atoms with Gasteiger partial charge in [-0.1, -0.05) is 19.4 Å². The minimum atomic E-state index is 0. The number of amides is 1. The third kappa shape index (κ3) is 6.71. The van der Waals surface area contributed by atoms with Gasteiger partial charge in [-0.2, -0.15) is 0 Å².